The Hall–Kier alpha value is -1.35. The van der Waals surface area contributed by atoms with E-state index in [4.69, 9.17) is 9.84 Å². The quantitative estimate of drug-likeness (QED) is 0.721. The summed E-state index contributed by atoms with van der Waals surface area (Å²) < 4.78 is 27.9. The van der Waals surface area contributed by atoms with Crippen LogP contribution in [0, 0.1) is 0 Å². The second-order valence-electron chi connectivity index (χ2n) is 5.40. The van der Waals surface area contributed by atoms with Crippen LogP contribution >= 0.6 is 0 Å². The monoisotopic (exact) mass is 320 g/mol. The van der Waals surface area contributed by atoms with Crippen molar-refractivity contribution in [3.8, 4) is 0 Å². The number of aliphatic carboxylic acids is 1. The molecule has 2 amide bonds. The van der Waals surface area contributed by atoms with E-state index in [0.717, 1.165) is 0 Å². The predicted molar refractivity (Wildman–Crippen MR) is 73.8 cm³/mol. The first kappa shape index (κ1) is 16.0. The molecule has 2 N–H and O–H groups in total. The molecule has 2 fully saturated rings. The van der Waals surface area contributed by atoms with Crippen molar-refractivity contribution in [3.05, 3.63) is 0 Å². The Morgan fingerprint density at radius 3 is 2.57 bits per heavy atom. The van der Waals surface area contributed by atoms with Gasteiger partial charge in [-0.2, -0.15) is 0 Å². The molecule has 0 spiro atoms. The number of ether oxygens (including phenoxy) is 1. The van der Waals surface area contributed by atoms with Crippen LogP contribution in [0.5, 0.6) is 0 Å². The molecular formula is C12H20N2O6S. The van der Waals surface area contributed by atoms with E-state index < -0.39 is 21.8 Å². The molecule has 2 aliphatic rings. The van der Waals surface area contributed by atoms with Crippen molar-refractivity contribution < 1.29 is 27.9 Å². The van der Waals surface area contributed by atoms with Crippen molar-refractivity contribution in [2.45, 2.75) is 31.3 Å². The smallest absolute Gasteiger partial charge is 0.318 e. The van der Waals surface area contributed by atoms with E-state index in [-0.39, 0.29) is 36.6 Å². The lowest BCUT2D eigenvalue weighted by Gasteiger charge is -2.36. The van der Waals surface area contributed by atoms with Crippen LogP contribution in [-0.4, -0.2) is 73.8 Å². The Labute approximate surface area is 123 Å². The van der Waals surface area contributed by atoms with Gasteiger partial charge in [0.15, 0.2) is 0 Å². The fraction of sp³-hybridized carbons (Fsp3) is 0.833. The second kappa shape index (κ2) is 6.61. The highest BCUT2D eigenvalue weighted by atomic mass is 32.2. The lowest BCUT2D eigenvalue weighted by Crippen LogP contribution is -2.55. The van der Waals surface area contributed by atoms with Crippen LogP contribution in [0.1, 0.15) is 19.3 Å². The summed E-state index contributed by atoms with van der Waals surface area (Å²) in [6, 6.07) is -0.994. The van der Waals surface area contributed by atoms with Gasteiger partial charge in [-0.25, -0.2) is 13.2 Å². The summed E-state index contributed by atoms with van der Waals surface area (Å²) in [7, 11) is -2.97. The molecule has 2 rings (SSSR count). The number of carboxylic acids is 1. The first-order valence-electron chi connectivity index (χ1n) is 6.94. The molecule has 0 aromatic heterocycles. The number of hydrogen-bond donors (Lipinski definition) is 2. The summed E-state index contributed by atoms with van der Waals surface area (Å²) in [6.45, 7) is 0.927. The molecule has 120 valence electrons. The van der Waals surface area contributed by atoms with E-state index >= 15 is 0 Å². The average Bonchev–Trinajstić information content (AvgIpc) is 2.41. The van der Waals surface area contributed by atoms with Crippen molar-refractivity contribution in [2.24, 2.45) is 0 Å². The number of nitrogens with zero attached hydrogens (tertiary/aromatic N) is 1. The number of amides is 2. The minimum atomic E-state index is -2.97. The fourth-order valence-electron chi connectivity index (χ4n) is 2.58. The second-order valence-corrected chi connectivity index (χ2v) is 7.70. The van der Waals surface area contributed by atoms with Crippen molar-refractivity contribution >= 4 is 21.8 Å². The van der Waals surface area contributed by atoms with Gasteiger partial charge >= 0.3 is 12.0 Å². The van der Waals surface area contributed by atoms with Gasteiger partial charge in [-0.15, -0.1) is 0 Å². The normalized spacial score (nSPS) is 26.3. The van der Waals surface area contributed by atoms with Crippen LogP contribution in [0.4, 0.5) is 4.79 Å². The van der Waals surface area contributed by atoms with Gasteiger partial charge in [-0.05, 0) is 12.8 Å². The molecule has 0 bridgehead atoms. The van der Waals surface area contributed by atoms with Crippen LogP contribution in [0.2, 0.25) is 0 Å². The molecule has 9 heteroatoms. The maximum Gasteiger partial charge on any atom is 0.318 e. The molecular weight excluding hydrogens is 300 g/mol. The molecule has 0 radical (unpaired) electrons. The van der Waals surface area contributed by atoms with Gasteiger partial charge in [-0.1, -0.05) is 0 Å². The fourth-order valence-corrected chi connectivity index (χ4v) is 4.08. The number of urea groups is 1. The third kappa shape index (κ3) is 4.57. The third-order valence-corrected chi connectivity index (χ3v) is 5.50. The summed E-state index contributed by atoms with van der Waals surface area (Å²) >= 11 is 0. The first-order valence-corrected chi connectivity index (χ1v) is 8.76. The van der Waals surface area contributed by atoms with Gasteiger partial charge in [0.1, 0.15) is 9.84 Å². The zero-order valence-electron chi connectivity index (χ0n) is 11.7. The topological polar surface area (TPSA) is 113 Å². The third-order valence-electron chi connectivity index (χ3n) is 3.78. The number of nitrogens with one attached hydrogen (secondary N) is 1. The van der Waals surface area contributed by atoms with Gasteiger partial charge in [0.05, 0.1) is 37.2 Å². The van der Waals surface area contributed by atoms with E-state index in [0.29, 0.717) is 26.0 Å². The van der Waals surface area contributed by atoms with Crippen LogP contribution in [0.25, 0.3) is 0 Å². The first-order chi connectivity index (χ1) is 9.87. The number of carbonyl (C=O) groups is 2. The van der Waals surface area contributed by atoms with Crippen molar-refractivity contribution in [1.29, 1.82) is 0 Å². The average molecular weight is 320 g/mol. The van der Waals surface area contributed by atoms with Crippen molar-refractivity contribution in [1.82, 2.24) is 10.2 Å². The van der Waals surface area contributed by atoms with E-state index in [2.05, 4.69) is 5.32 Å². The van der Waals surface area contributed by atoms with E-state index in [1.165, 1.54) is 4.90 Å². The molecule has 2 heterocycles. The molecule has 2 aliphatic heterocycles. The summed E-state index contributed by atoms with van der Waals surface area (Å²) in [5.41, 5.74) is 0. The molecule has 0 aromatic rings. The predicted octanol–water partition coefficient (Wildman–Crippen LogP) is -0.551. The largest absolute Gasteiger partial charge is 0.481 e. The highest BCUT2D eigenvalue weighted by molar-refractivity contribution is 7.91. The molecule has 2 saturated heterocycles. The Bertz CT molecular complexity index is 492. The Morgan fingerprint density at radius 1 is 1.29 bits per heavy atom. The highest BCUT2D eigenvalue weighted by Gasteiger charge is 2.31. The van der Waals surface area contributed by atoms with Crippen LogP contribution in [-0.2, 0) is 19.4 Å². The Morgan fingerprint density at radius 2 is 1.95 bits per heavy atom. The van der Waals surface area contributed by atoms with E-state index in [1.807, 2.05) is 0 Å². The summed E-state index contributed by atoms with van der Waals surface area (Å²) in [6.07, 6.45) is 0.649. The number of morpholine rings is 1. The number of rotatable bonds is 3. The lowest BCUT2D eigenvalue weighted by molar-refractivity contribution is -0.139. The molecule has 0 saturated carbocycles. The van der Waals surface area contributed by atoms with Gasteiger partial charge in [0.25, 0.3) is 0 Å². The lowest BCUT2D eigenvalue weighted by atomic mass is 10.1. The van der Waals surface area contributed by atoms with Crippen molar-refractivity contribution in [2.75, 3.05) is 31.3 Å². The van der Waals surface area contributed by atoms with E-state index in [9.17, 15) is 18.0 Å². The van der Waals surface area contributed by atoms with Crippen LogP contribution < -0.4 is 5.32 Å². The van der Waals surface area contributed by atoms with Gasteiger partial charge in [0, 0.05) is 12.6 Å². The minimum Gasteiger partial charge on any atom is -0.481 e. The summed E-state index contributed by atoms with van der Waals surface area (Å²) in [4.78, 5) is 24.5. The van der Waals surface area contributed by atoms with Crippen LogP contribution in [0.3, 0.4) is 0 Å². The number of hydrogen-bond acceptors (Lipinski definition) is 5. The minimum absolute atomic E-state index is 0.0829. The zero-order valence-corrected chi connectivity index (χ0v) is 12.5. The van der Waals surface area contributed by atoms with Crippen LogP contribution in [0.15, 0.2) is 0 Å². The maximum absolute atomic E-state index is 12.2. The van der Waals surface area contributed by atoms with Gasteiger partial charge in [-0.3, -0.25) is 4.79 Å². The van der Waals surface area contributed by atoms with Gasteiger partial charge in [0.2, 0.25) is 0 Å². The Balaban J connectivity index is 1.90. The zero-order chi connectivity index (χ0) is 15.5. The number of carboxylic acid groups (broad SMARTS) is 1. The number of carbonyl (C=O) groups excluding carboxylic acids is 1. The molecule has 0 aliphatic carbocycles. The van der Waals surface area contributed by atoms with Gasteiger partial charge < -0.3 is 20.1 Å². The molecule has 8 nitrogen and oxygen atoms in total. The molecule has 0 aromatic carbocycles. The van der Waals surface area contributed by atoms with Crippen molar-refractivity contribution in [3.63, 3.8) is 0 Å². The van der Waals surface area contributed by atoms with E-state index in [1.54, 1.807) is 0 Å². The molecule has 21 heavy (non-hydrogen) atoms. The maximum atomic E-state index is 12.2. The molecule has 1 atom stereocenters. The standard InChI is InChI=1S/C12H20N2O6S/c15-11(16)7-10-8-20-4-3-14(10)12(17)13-9-1-5-21(18,19)6-2-9/h9-10H,1-8H2,(H,13,17)(H,15,16). The SMILES string of the molecule is O=C(O)CC1COCCN1C(=O)NC1CCS(=O)(=O)CC1. The summed E-state index contributed by atoms with van der Waals surface area (Å²) in [5.74, 6) is -0.814. The molecule has 1 unspecified atom stereocenters. The number of sulfone groups is 1. The Kier molecular flexibility index (Phi) is 5.04. The highest BCUT2D eigenvalue weighted by Crippen LogP contribution is 2.15. The summed E-state index contributed by atoms with van der Waals surface area (Å²) in [5, 5.41) is 11.7.